The molecule has 1 heterocycles. The van der Waals surface area contributed by atoms with E-state index in [9.17, 15) is 9.90 Å². The molecule has 0 fully saturated rings. The predicted octanol–water partition coefficient (Wildman–Crippen LogP) is 4.48. The standard InChI is InChI=1S/C18H14BrNO2/c19-13-7-9-17-15(10-13)16(18(21)22)11-14(20-17)8-6-12-4-2-1-3-5-12/h1-5,7,9-11H,6,8H2,(H,21,22). The van der Waals surface area contributed by atoms with Crippen molar-refractivity contribution in [2.45, 2.75) is 12.8 Å². The Morgan fingerprint density at radius 1 is 1.05 bits per heavy atom. The first-order valence-corrected chi connectivity index (χ1v) is 7.79. The van der Waals surface area contributed by atoms with Crippen molar-refractivity contribution in [3.05, 3.63) is 75.9 Å². The first-order valence-electron chi connectivity index (χ1n) is 7.00. The van der Waals surface area contributed by atoms with Crippen LogP contribution in [0.25, 0.3) is 10.9 Å². The average molecular weight is 356 g/mol. The lowest BCUT2D eigenvalue weighted by Gasteiger charge is -2.07. The van der Waals surface area contributed by atoms with Crippen LogP contribution in [-0.4, -0.2) is 16.1 Å². The monoisotopic (exact) mass is 355 g/mol. The molecule has 0 aliphatic rings. The van der Waals surface area contributed by atoms with Crippen LogP contribution >= 0.6 is 15.9 Å². The van der Waals surface area contributed by atoms with Crippen molar-refractivity contribution in [3.63, 3.8) is 0 Å². The summed E-state index contributed by atoms with van der Waals surface area (Å²) in [5.74, 6) is -0.925. The zero-order chi connectivity index (χ0) is 15.5. The molecule has 0 radical (unpaired) electrons. The van der Waals surface area contributed by atoms with E-state index in [1.54, 1.807) is 12.1 Å². The SMILES string of the molecule is O=C(O)c1cc(CCc2ccccc2)nc2ccc(Br)cc12. The predicted molar refractivity (Wildman–Crippen MR) is 90.3 cm³/mol. The van der Waals surface area contributed by atoms with Gasteiger partial charge in [-0.1, -0.05) is 46.3 Å². The third-order valence-corrected chi connectivity index (χ3v) is 4.06. The van der Waals surface area contributed by atoms with Gasteiger partial charge in [-0.25, -0.2) is 4.79 Å². The number of hydrogen-bond acceptors (Lipinski definition) is 2. The largest absolute Gasteiger partial charge is 0.478 e. The number of halogens is 1. The van der Waals surface area contributed by atoms with Crippen molar-refractivity contribution >= 4 is 32.8 Å². The second-order valence-corrected chi connectivity index (χ2v) is 6.03. The molecular weight excluding hydrogens is 342 g/mol. The Balaban J connectivity index is 1.97. The number of fused-ring (bicyclic) bond motifs is 1. The molecule has 0 saturated carbocycles. The molecule has 0 atom stereocenters. The summed E-state index contributed by atoms with van der Waals surface area (Å²) in [5.41, 5.74) is 3.04. The molecule has 0 aliphatic heterocycles. The molecule has 0 unspecified atom stereocenters. The number of aryl methyl sites for hydroxylation is 2. The minimum Gasteiger partial charge on any atom is -0.478 e. The molecule has 1 N–H and O–H groups in total. The molecule has 22 heavy (non-hydrogen) atoms. The molecule has 3 rings (SSSR count). The minimum absolute atomic E-state index is 0.300. The van der Waals surface area contributed by atoms with Crippen LogP contribution in [0.5, 0.6) is 0 Å². The second-order valence-electron chi connectivity index (χ2n) is 5.11. The van der Waals surface area contributed by atoms with Gasteiger partial charge in [-0.15, -0.1) is 0 Å². The van der Waals surface area contributed by atoms with Gasteiger partial charge in [0, 0.05) is 15.6 Å². The van der Waals surface area contributed by atoms with Crippen LogP contribution < -0.4 is 0 Å². The highest BCUT2D eigenvalue weighted by Crippen LogP contribution is 2.23. The van der Waals surface area contributed by atoms with Gasteiger partial charge in [-0.05, 0) is 42.7 Å². The van der Waals surface area contributed by atoms with E-state index < -0.39 is 5.97 Å². The van der Waals surface area contributed by atoms with Crippen molar-refractivity contribution < 1.29 is 9.90 Å². The van der Waals surface area contributed by atoms with E-state index in [0.29, 0.717) is 16.5 Å². The molecule has 1 aromatic heterocycles. The third-order valence-electron chi connectivity index (χ3n) is 3.57. The molecule has 3 nitrogen and oxygen atoms in total. The number of rotatable bonds is 4. The summed E-state index contributed by atoms with van der Waals surface area (Å²) >= 11 is 3.37. The Labute approximate surface area is 136 Å². The fourth-order valence-corrected chi connectivity index (χ4v) is 2.84. The van der Waals surface area contributed by atoms with E-state index in [1.807, 2.05) is 30.3 Å². The number of pyridine rings is 1. The van der Waals surface area contributed by atoms with Crippen LogP contribution in [0.1, 0.15) is 21.6 Å². The number of carboxylic acids is 1. The summed E-state index contributed by atoms with van der Waals surface area (Å²) in [6.07, 6.45) is 1.56. The lowest BCUT2D eigenvalue weighted by Crippen LogP contribution is -2.03. The number of benzene rings is 2. The van der Waals surface area contributed by atoms with Gasteiger partial charge in [0.1, 0.15) is 0 Å². The van der Waals surface area contributed by atoms with Crippen molar-refractivity contribution in [2.24, 2.45) is 0 Å². The normalized spacial score (nSPS) is 10.8. The van der Waals surface area contributed by atoms with Crippen LogP contribution in [0.4, 0.5) is 0 Å². The Hall–Kier alpha value is -2.20. The molecule has 3 aromatic rings. The molecule has 0 aliphatic carbocycles. The molecule has 4 heteroatoms. The molecule has 110 valence electrons. The van der Waals surface area contributed by atoms with E-state index >= 15 is 0 Å². The minimum atomic E-state index is -0.925. The zero-order valence-electron chi connectivity index (χ0n) is 11.8. The van der Waals surface area contributed by atoms with Crippen LogP contribution in [-0.2, 0) is 12.8 Å². The maximum atomic E-state index is 11.5. The van der Waals surface area contributed by atoms with Gasteiger partial charge < -0.3 is 5.11 Å². The molecule has 2 aromatic carbocycles. The van der Waals surface area contributed by atoms with Crippen molar-refractivity contribution in [1.82, 2.24) is 4.98 Å². The Morgan fingerprint density at radius 3 is 2.55 bits per heavy atom. The summed E-state index contributed by atoms with van der Waals surface area (Å²) < 4.78 is 0.848. The number of hydrogen-bond donors (Lipinski definition) is 1. The fraction of sp³-hybridized carbons (Fsp3) is 0.111. The van der Waals surface area contributed by atoms with Crippen LogP contribution in [0.3, 0.4) is 0 Å². The summed E-state index contributed by atoms with van der Waals surface area (Å²) in [6, 6.07) is 17.3. The van der Waals surface area contributed by atoms with Crippen molar-refractivity contribution in [3.8, 4) is 0 Å². The third kappa shape index (κ3) is 3.17. The van der Waals surface area contributed by atoms with Gasteiger partial charge in [0.25, 0.3) is 0 Å². The van der Waals surface area contributed by atoms with E-state index in [2.05, 4.69) is 33.0 Å². The maximum Gasteiger partial charge on any atom is 0.336 e. The first-order chi connectivity index (χ1) is 10.6. The van der Waals surface area contributed by atoms with Crippen LogP contribution in [0.15, 0.2) is 59.1 Å². The van der Waals surface area contributed by atoms with Crippen molar-refractivity contribution in [2.75, 3.05) is 0 Å². The summed E-state index contributed by atoms with van der Waals surface area (Å²) in [7, 11) is 0. The van der Waals surface area contributed by atoms with Gasteiger partial charge in [-0.2, -0.15) is 0 Å². The molecule has 0 amide bonds. The first kappa shape index (κ1) is 14.7. The topological polar surface area (TPSA) is 50.2 Å². The number of nitrogens with zero attached hydrogens (tertiary/aromatic N) is 1. The smallest absolute Gasteiger partial charge is 0.336 e. The lowest BCUT2D eigenvalue weighted by molar-refractivity contribution is 0.0699. The van der Waals surface area contributed by atoms with Gasteiger partial charge in [-0.3, -0.25) is 4.98 Å². The highest BCUT2D eigenvalue weighted by atomic mass is 79.9. The molecule has 0 saturated heterocycles. The van der Waals surface area contributed by atoms with Crippen LogP contribution in [0.2, 0.25) is 0 Å². The molecule has 0 spiro atoms. The number of aromatic nitrogens is 1. The van der Waals surface area contributed by atoms with Gasteiger partial charge in [0.15, 0.2) is 0 Å². The van der Waals surface area contributed by atoms with Gasteiger partial charge >= 0.3 is 5.97 Å². The van der Waals surface area contributed by atoms with E-state index in [0.717, 1.165) is 23.0 Å². The van der Waals surface area contributed by atoms with Gasteiger partial charge in [0.05, 0.1) is 11.1 Å². The average Bonchev–Trinajstić information content (AvgIpc) is 2.53. The summed E-state index contributed by atoms with van der Waals surface area (Å²) in [5, 5.41) is 10.1. The lowest BCUT2D eigenvalue weighted by atomic mass is 10.0. The number of aromatic carboxylic acids is 1. The number of carbonyl (C=O) groups is 1. The van der Waals surface area contributed by atoms with E-state index in [4.69, 9.17) is 0 Å². The maximum absolute atomic E-state index is 11.5. The molecule has 0 bridgehead atoms. The second kappa shape index (κ2) is 6.28. The Morgan fingerprint density at radius 2 is 1.82 bits per heavy atom. The quantitative estimate of drug-likeness (QED) is 0.750. The highest BCUT2D eigenvalue weighted by Gasteiger charge is 2.12. The van der Waals surface area contributed by atoms with E-state index in [1.165, 1.54) is 5.56 Å². The summed E-state index contributed by atoms with van der Waals surface area (Å²) in [4.78, 5) is 16.1. The summed E-state index contributed by atoms with van der Waals surface area (Å²) in [6.45, 7) is 0. The Bertz CT molecular complexity index is 831. The zero-order valence-corrected chi connectivity index (χ0v) is 13.4. The Kier molecular flexibility index (Phi) is 4.20. The van der Waals surface area contributed by atoms with Gasteiger partial charge in [0.2, 0.25) is 0 Å². The number of carboxylic acid groups (broad SMARTS) is 1. The molecular formula is C18H14BrNO2. The van der Waals surface area contributed by atoms with Crippen LogP contribution in [0, 0.1) is 0 Å². The van der Waals surface area contributed by atoms with E-state index in [-0.39, 0.29) is 0 Å². The van der Waals surface area contributed by atoms with Crippen molar-refractivity contribution in [1.29, 1.82) is 0 Å². The highest BCUT2D eigenvalue weighted by molar-refractivity contribution is 9.10. The fourth-order valence-electron chi connectivity index (χ4n) is 2.47.